The normalized spacial score (nSPS) is 17.6. The lowest BCUT2D eigenvalue weighted by atomic mass is 9.95. The summed E-state index contributed by atoms with van der Waals surface area (Å²) in [7, 11) is 0. The van der Waals surface area contributed by atoms with Crippen LogP contribution in [0.1, 0.15) is 51.0 Å². The maximum atomic E-state index is 6.29. The van der Waals surface area contributed by atoms with E-state index in [9.17, 15) is 0 Å². The van der Waals surface area contributed by atoms with E-state index >= 15 is 0 Å². The first-order valence-corrected chi connectivity index (χ1v) is 8.62. The number of hydrogen-bond acceptors (Lipinski definition) is 1. The highest BCUT2D eigenvalue weighted by molar-refractivity contribution is 6.35. The molecule has 1 unspecified atom stereocenters. The van der Waals surface area contributed by atoms with Gasteiger partial charge in [0.15, 0.2) is 0 Å². The van der Waals surface area contributed by atoms with Crippen LogP contribution in [-0.4, -0.2) is 12.6 Å². The van der Waals surface area contributed by atoms with Crippen LogP contribution >= 0.6 is 23.2 Å². The molecule has 0 heterocycles. The van der Waals surface area contributed by atoms with E-state index in [1.165, 1.54) is 44.1 Å². The number of likely N-dealkylation sites (N-methyl/N-ethyl adjacent to an activating group) is 1. The molecule has 0 aromatic heterocycles. The van der Waals surface area contributed by atoms with Gasteiger partial charge in [-0.2, -0.15) is 0 Å². The van der Waals surface area contributed by atoms with Crippen LogP contribution in [0.25, 0.3) is 0 Å². The summed E-state index contributed by atoms with van der Waals surface area (Å²) in [6.07, 6.45) is 9.32. The lowest BCUT2D eigenvalue weighted by Crippen LogP contribution is -2.31. The van der Waals surface area contributed by atoms with Crippen molar-refractivity contribution < 1.29 is 0 Å². The second kappa shape index (κ2) is 8.26. The van der Waals surface area contributed by atoms with Crippen molar-refractivity contribution in [1.29, 1.82) is 0 Å². The molecule has 1 aliphatic carbocycles. The summed E-state index contributed by atoms with van der Waals surface area (Å²) in [5, 5.41) is 5.11. The average Bonchev–Trinajstić information content (AvgIpc) is 2.92. The molecular weight excluding hydrogens is 289 g/mol. The highest BCUT2D eigenvalue weighted by Crippen LogP contribution is 2.30. The zero-order valence-corrected chi connectivity index (χ0v) is 13.8. The molecule has 0 radical (unpaired) electrons. The van der Waals surface area contributed by atoms with Crippen LogP contribution in [0.5, 0.6) is 0 Å². The fourth-order valence-electron chi connectivity index (χ4n) is 3.25. The van der Waals surface area contributed by atoms with Crippen molar-refractivity contribution in [2.24, 2.45) is 5.92 Å². The summed E-state index contributed by atoms with van der Waals surface area (Å²) in [5.41, 5.74) is 1.20. The molecule has 3 heteroatoms. The van der Waals surface area contributed by atoms with Gasteiger partial charge in [0.05, 0.1) is 0 Å². The molecule has 0 amide bonds. The number of halogens is 2. The van der Waals surface area contributed by atoms with Gasteiger partial charge in [-0.3, -0.25) is 0 Å². The fourth-order valence-corrected chi connectivity index (χ4v) is 3.74. The summed E-state index contributed by atoms with van der Waals surface area (Å²) in [6.45, 7) is 3.19. The summed E-state index contributed by atoms with van der Waals surface area (Å²) < 4.78 is 0. The van der Waals surface area contributed by atoms with Crippen molar-refractivity contribution in [2.75, 3.05) is 6.54 Å². The second-order valence-corrected chi connectivity index (χ2v) is 6.77. The smallest absolute Gasteiger partial charge is 0.0453 e. The Morgan fingerprint density at radius 1 is 1.25 bits per heavy atom. The monoisotopic (exact) mass is 313 g/mol. The minimum Gasteiger partial charge on any atom is -0.314 e. The molecule has 1 saturated carbocycles. The molecule has 0 spiro atoms. The summed E-state index contributed by atoms with van der Waals surface area (Å²) in [5.74, 6) is 0.955. The van der Waals surface area contributed by atoms with Gasteiger partial charge < -0.3 is 5.32 Å². The molecule has 112 valence electrons. The van der Waals surface area contributed by atoms with Crippen LogP contribution in [0.2, 0.25) is 10.0 Å². The van der Waals surface area contributed by atoms with E-state index < -0.39 is 0 Å². The van der Waals surface area contributed by atoms with E-state index in [4.69, 9.17) is 23.2 Å². The third kappa shape index (κ3) is 4.95. The van der Waals surface area contributed by atoms with Gasteiger partial charge in [0, 0.05) is 16.1 Å². The Kier molecular flexibility index (Phi) is 6.67. The topological polar surface area (TPSA) is 12.0 Å². The number of nitrogens with one attached hydrogen (secondary N) is 1. The molecule has 1 aromatic rings. The summed E-state index contributed by atoms with van der Waals surface area (Å²) in [6, 6.07) is 6.37. The van der Waals surface area contributed by atoms with Crippen molar-refractivity contribution >= 4 is 23.2 Å². The quantitative estimate of drug-likeness (QED) is 0.702. The van der Waals surface area contributed by atoms with Gasteiger partial charge >= 0.3 is 0 Å². The Morgan fingerprint density at radius 2 is 2.00 bits per heavy atom. The molecule has 1 aliphatic rings. The van der Waals surface area contributed by atoms with Gasteiger partial charge in [-0.15, -0.1) is 0 Å². The third-order valence-corrected chi connectivity index (χ3v) is 4.96. The van der Waals surface area contributed by atoms with E-state index in [1.54, 1.807) is 0 Å². The van der Waals surface area contributed by atoms with Crippen LogP contribution in [0.15, 0.2) is 18.2 Å². The molecule has 0 aliphatic heterocycles. The molecule has 0 saturated heterocycles. The van der Waals surface area contributed by atoms with Crippen molar-refractivity contribution in [3.05, 3.63) is 33.8 Å². The first kappa shape index (κ1) is 16.1. The van der Waals surface area contributed by atoms with Crippen molar-refractivity contribution in [3.8, 4) is 0 Å². The van der Waals surface area contributed by atoms with Gasteiger partial charge in [-0.1, -0.05) is 61.9 Å². The van der Waals surface area contributed by atoms with Crippen LogP contribution in [0.3, 0.4) is 0 Å². The summed E-state index contributed by atoms with van der Waals surface area (Å²) in [4.78, 5) is 0. The van der Waals surface area contributed by atoms with Crippen molar-refractivity contribution in [1.82, 2.24) is 5.32 Å². The molecule has 1 atom stereocenters. The molecule has 2 rings (SSSR count). The molecule has 1 fully saturated rings. The van der Waals surface area contributed by atoms with Gasteiger partial charge in [-0.05, 0) is 49.4 Å². The lowest BCUT2D eigenvalue weighted by molar-refractivity contribution is 0.407. The molecule has 1 aromatic carbocycles. The van der Waals surface area contributed by atoms with Gasteiger partial charge in [0.1, 0.15) is 0 Å². The predicted octanol–water partition coefficient (Wildman–Crippen LogP) is 5.48. The minimum atomic E-state index is 0.527. The van der Waals surface area contributed by atoms with E-state index in [-0.39, 0.29) is 0 Å². The fraction of sp³-hybridized carbons (Fsp3) is 0.647. The molecule has 1 N–H and O–H groups in total. The van der Waals surface area contributed by atoms with Crippen molar-refractivity contribution in [2.45, 2.75) is 57.9 Å². The van der Waals surface area contributed by atoms with E-state index in [1.807, 2.05) is 12.1 Å². The molecule has 1 nitrogen and oxygen atoms in total. The Hall–Kier alpha value is -0.240. The largest absolute Gasteiger partial charge is 0.314 e. The lowest BCUT2D eigenvalue weighted by Gasteiger charge is -2.20. The number of benzene rings is 1. The van der Waals surface area contributed by atoms with E-state index in [2.05, 4.69) is 18.3 Å². The standard InChI is InChI=1S/C17H25Cl2N/c1-2-20-16(10-7-13-5-3-4-6-13)11-14-8-9-15(18)12-17(14)19/h8-9,12-13,16,20H,2-7,10-11H2,1H3. The number of rotatable bonds is 7. The Morgan fingerprint density at radius 3 is 2.65 bits per heavy atom. The van der Waals surface area contributed by atoms with E-state index in [0.717, 1.165) is 23.9 Å². The SMILES string of the molecule is CCNC(CCC1CCCC1)Cc1ccc(Cl)cc1Cl. The zero-order chi connectivity index (χ0) is 14.4. The average molecular weight is 314 g/mol. The van der Waals surface area contributed by atoms with Crippen LogP contribution in [0.4, 0.5) is 0 Å². The predicted molar refractivity (Wildman–Crippen MR) is 88.8 cm³/mol. The molecule has 20 heavy (non-hydrogen) atoms. The van der Waals surface area contributed by atoms with Crippen LogP contribution < -0.4 is 5.32 Å². The Balaban J connectivity index is 1.90. The van der Waals surface area contributed by atoms with Crippen LogP contribution in [0, 0.1) is 5.92 Å². The van der Waals surface area contributed by atoms with Gasteiger partial charge in [0.25, 0.3) is 0 Å². The highest BCUT2D eigenvalue weighted by atomic mass is 35.5. The maximum Gasteiger partial charge on any atom is 0.0453 e. The molecule has 0 bridgehead atoms. The molecular formula is C17H25Cl2N. The number of hydrogen-bond donors (Lipinski definition) is 1. The minimum absolute atomic E-state index is 0.527. The first-order chi connectivity index (χ1) is 9.69. The Labute approximate surface area is 133 Å². The Bertz CT molecular complexity index is 413. The van der Waals surface area contributed by atoms with Crippen molar-refractivity contribution in [3.63, 3.8) is 0 Å². The first-order valence-electron chi connectivity index (χ1n) is 7.86. The maximum absolute atomic E-state index is 6.29. The second-order valence-electron chi connectivity index (χ2n) is 5.92. The van der Waals surface area contributed by atoms with Gasteiger partial charge in [0.2, 0.25) is 0 Å². The van der Waals surface area contributed by atoms with E-state index in [0.29, 0.717) is 11.1 Å². The summed E-state index contributed by atoms with van der Waals surface area (Å²) >= 11 is 12.3. The van der Waals surface area contributed by atoms with Crippen LogP contribution in [-0.2, 0) is 6.42 Å². The third-order valence-electron chi connectivity index (χ3n) is 4.37. The zero-order valence-electron chi connectivity index (χ0n) is 12.3. The highest BCUT2D eigenvalue weighted by Gasteiger charge is 2.18. The van der Waals surface area contributed by atoms with Gasteiger partial charge in [-0.25, -0.2) is 0 Å².